The van der Waals surface area contributed by atoms with Crippen LogP contribution in [-0.4, -0.2) is 48.1 Å². The lowest BCUT2D eigenvalue weighted by molar-refractivity contribution is -0.129. The number of anilines is 1. The predicted molar refractivity (Wildman–Crippen MR) is 135 cm³/mol. The van der Waals surface area contributed by atoms with E-state index >= 15 is 0 Å². The summed E-state index contributed by atoms with van der Waals surface area (Å²) in [4.78, 5) is 51.3. The van der Waals surface area contributed by atoms with E-state index < -0.39 is 5.91 Å². The molecule has 0 fully saturated rings. The number of Topliss-reactive ketones (excluding diaryl/α,β-unsaturated/α-hetero) is 1. The van der Waals surface area contributed by atoms with Crippen molar-refractivity contribution in [2.45, 2.75) is 32.1 Å². The maximum Gasteiger partial charge on any atom is 0.229 e. The first-order valence-electron chi connectivity index (χ1n) is 11.7. The molecule has 0 aliphatic heterocycles. The molecule has 0 atom stereocenters. The lowest BCUT2D eigenvalue weighted by Gasteiger charge is -2.08. The van der Waals surface area contributed by atoms with Gasteiger partial charge < -0.3 is 26.7 Å². The molecule has 0 saturated carbocycles. The Bertz CT molecular complexity index is 1190. The normalized spacial score (nSPS) is 10.6. The highest BCUT2D eigenvalue weighted by Gasteiger charge is 2.12. The summed E-state index contributed by atoms with van der Waals surface area (Å²) in [6.07, 6.45) is 3.34. The molecule has 1 heterocycles. The molecule has 3 amide bonds. The Kier molecular flexibility index (Phi) is 9.41. The molecular weight excluding hydrogens is 446 g/mol. The third-order valence-corrected chi connectivity index (χ3v) is 5.53. The molecule has 3 aromatic rings. The highest BCUT2D eigenvalue weighted by atomic mass is 16.2. The number of H-pyrrole nitrogens is 1. The van der Waals surface area contributed by atoms with Crippen molar-refractivity contribution in [2.75, 3.05) is 25.4 Å². The fourth-order valence-electron chi connectivity index (χ4n) is 3.69. The fourth-order valence-corrected chi connectivity index (χ4v) is 3.69. The Morgan fingerprint density at radius 2 is 1.40 bits per heavy atom. The minimum Gasteiger partial charge on any atom is -0.398 e. The van der Waals surface area contributed by atoms with E-state index in [2.05, 4.69) is 20.9 Å². The standard InChI is InChI=1S/C26H31N5O4/c27-21-9-3-1-8-20(21)23(32)11-14-30-26(35)16-25(34)29-13-6-5-12-28-24(33)15-18-17-31-22-10-4-2-7-19(18)22/h1-4,7-10,17,31H,5-6,11-16,27H2,(H,28,33)(H,29,34)(H,30,35). The van der Waals surface area contributed by atoms with Crippen molar-refractivity contribution >= 4 is 40.1 Å². The molecule has 35 heavy (non-hydrogen) atoms. The number of aromatic nitrogens is 1. The highest BCUT2D eigenvalue weighted by Crippen LogP contribution is 2.18. The highest BCUT2D eigenvalue weighted by molar-refractivity contribution is 6.01. The minimum absolute atomic E-state index is 0.0520. The minimum atomic E-state index is -0.444. The summed E-state index contributed by atoms with van der Waals surface area (Å²) in [6, 6.07) is 14.6. The summed E-state index contributed by atoms with van der Waals surface area (Å²) >= 11 is 0. The molecule has 0 aliphatic carbocycles. The van der Waals surface area contributed by atoms with Gasteiger partial charge in [0.15, 0.2) is 5.78 Å². The van der Waals surface area contributed by atoms with Crippen molar-refractivity contribution in [3.63, 3.8) is 0 Å². The van der Waals surface area contributed by atoms with Gasteiger partial charge in [-0.25, -0.2) is 0 Å². The molecule has 0 radical (unpaired) electrons. The fraction of sp³-hybridized carbons (Fsp3) is 0.308. The molecule has 1 aromatic heterocycles. The number of rotatable bonds is 13. The van der Waals surface area contributed by atoms with E-state index in [-0.39, 0.29) is 37.0 Å². The molecule has 9 nitrogen and oxygen atoms in total. The van der Waals surface area contributed by atoms with Gasteiger partial charge in [0.2, 0.25) is 17.7 Å². The zero-order chi connectivity index (χ0) is 25.0. The van der Waals surface area contributed by atoms with E-state index in [1.807, 2.05) is 30.5 Å². The Labute approximate surface area is 203 Å². The van der Waals surface area contributed by atoms with Crippen LogP contribution in [0, 0.1) is 0 Å². The number of nitrogens with two attached hydrogens (primary N) is 1. The molecule has 184 valence electrons. The van der Waals surface area contributed by atoms with Crippen LogP contribution >= 0.6 is 0 Å². The molecule has 0 bridgehead atoms. The number of fused-ring (bicyclic) bond motifs is 1. The van der Waals surface area contributed by atoms with Crippen LogP contribution in [0.3, 0.4) is 0 Å². The van der Waals surface area contributed by atoms with Crippen LogP contribution in [0.4, 0.5) is 5.69 Å². The zero-order valence-electron chi connectivity index (χ0n) is 19.6. The lowest BCUT2D eigenvalue weighted by atomic mass is 10.1. The van der Waals surface area contributed by atoms with Gasteiger partial charge in [-0.05, 0) is 36.6 Å². The van der Waals surface area contributed by atoms with Crippen LogP contribution in [0.2, 0.25) is 0 Å². The van der Waals surface area contributed by atoms with Gasteiger partial charge in [0, 0.05) is 54.4 Å². The van der Waals surface area contributed by atoms with E-state index in [0.717, 1.165) is 16.5 Å². The topological polar surface area (TPSA) is 146 Å². The van der Waals surface area contributed by atoms with Crippen molar-refractivity contribution in [3.05, 3.63) is 65.9 Å². The van der Waals surface area contributed by atoms with Gasteiger partial charge in [-0.15, -0.1) is 0 Å². The molecule has 0 unspecified atom stereocenters. The molecule has 2 aromatic carbocycles. The number of nitrogens with one attached hydrogen (secondary N) is 4. The summed E-state index contributed by atoms with van der Waals surface area (Å²) in [7, 11) is 0. The number of ketones is 1. The van der Waals surface area contributed by atoms with Crippen molar-refractivity contribution in [2.24, 2.45) is 0 Å². The number of carbonyl (C=O) groups is 4. The first kappa shape index (κ1) is 25.5. The summed E-state index contributed by atoms with van der Waals surface area (Å²) in [5, 5.41) is 9.20. The second-order valence-electron chi connectivity index (χ2n) is 8.23. The van der Waals surface area contributed by atoms with Gasteiger partial charge in [0.05, 0.1) is 6.42 Å². The smallest absolute Gasteiger partial charge is 0.229 e. The maximum atomic E-state index is 12.2. The number of para-hydroxylation sites is 2. The van der Waals surface area contributed by atoms with E-state index in [4.69, 9.17) is 5.73 Å². The molecule has 3 rings (SSSR count). The van der Waals surface area contributed by atoms with Gasteiger partial charge in [0.25, 0.3) is 0 Å². The third-order valence-electron chi connectivity index (χ3n) is 5.53. The Morgan fingerprint density at radius 3 is 2.14 bits per heavy atom. The molecular formula is C26H31N5O4. The van der Waals surface area contributed by atoms with E-state index in [1.54, 1.807) is 24.3 Å². The molecule has 0 spiro atoms. The van der Waals surface area contributed by atoms with Gasteiger partial charge in [-0.2, -0.15) is 0 Å². The second-order valence-corrected chi connectivity index (χ2v) is 8.23. The quantitative estimate of drug-likeness (QED) is 0.111. The van der Waals surface area contributed by atoms with Crippen LogP contribution in [0.25, 0.3) is 10.9 Å². The number of hydrogen-bond acceptors (Lipinski definition) is 5. The number of hydrogen-bond donors (Lipinski definition) is 5. The van der Waals surface area contributed by atoms with Crippen LogP contribution < -0.4 is 21.7 Å². The van der Waals surface area contributed by atoms with Crippen molar-refractivity contribution in [3.8, 4) is 0 Å². The average Bonchev–Trinajstić information content (AvgIpc) is 3.24. The van der Waals surface area contributed by atoms with Gasteiger partial charge in [0.1, 0.15) is 6.42 Å². The van der Waals surface area contributed by atoms with Crippen LogP contribution in [0.5, 0.6) is 0 Å². The summed E-state index contributed by atoms with van der Waals surface area (Å²) in [5.74, 6) is -1.05. The largest absolute Gasteiger partial charge is 0.398 e. The van der Waals surface area contributed by atoms with Gasteiger partial charge in [-0.3, -0.25) is 19.2 Å². The van der Waals surface area contributed by atoms with E-state index in [1.165, 1.54) is 0 Å². The van der Waals surface area contributed by atoms with Crippen molar-refractivity contribution < 1.29 is 19.2 Å². The molecule has 9 heteroatoms. The summed E-state index contributed by atoms with van der Waals surface area (Å²) in [5.41, 5.74) is 8.56. The first-order valence-corrected chi connectivity index (χ1v) is 11.7. The van der Waals surface area contributed by atoms with Crippen LogP contribution in [0.15, 0.2) is 54.7 Å². The lowest BCUT2D eigenvalue weighted by Crippen LogP contribution is -2.33. The van der Waals surface area contributed by atoms with Crippen LogP contribution in [0.1, 0.15) is 41.6 Å². The number of amides is 3. The Hall–Kier alpha value is -4.14. The molecule has 6 N–H and O–H groups in total. The second kappa shape index (κ2) is 12.9. The zero-order valence-corrected chi connectivity index (χ0v) is 19.6. The Balaban J connectivity index is 1.22. The maximum absolute atomic E-state index is 12.2. The number of nitrogen functional groups attached to an aromatic ring is 1. The average molecular weight is 478 g/mol. The van der Waals surface area contributed by atoms with Crippen molar-refractivity contribution in [1.82, 2.24) is 20.9 Å². The monoisotopic (exact) mass is 477 g/mol. The van der Waals surface area contributed by atoms with E-state index in [9.17, 15) is 19.2 Å². The van der Waals surface area contributed by atoms with Crippen molar-refractivity contribution in [1.29, 1.82) is 0 Å². The third kappa shape index (κ3) is 7.99. The number of benzene rings is 2. The summed E-state index contributed by atoms with van der Waals surface area (Å²) in [6.45, 7) is 1.06. The first-order chi connectivity index (χ1) is 16.9. The van der Waals surface area contributed by atoms with Crippen LogP contribution in [-0.2, 0) is 20.8 Å². The number of aromatic amines is 1. The molecule has 0 aliphatic rings. The predicted octanol–water partition coefficient (Wildman–Crippen LogP) is 2.08. The number of carbonyl (C=O) groups excluding carboxylic acids is 4. The number of unbranched alkanes of at least 4 members (excludes halogenated alkanes) is 1. The van der Waals surface area contributed by atoms with Gasteiger partial charge >= 0.3 is 0 Å². The summed E-state index contributed by atoms with van der Waals surface area (Å²) < 4.78 is 0. The van der Waals surface area contributed by atoms with E-state index in [0.29, 0.717) is 43.6 Å². The van der Waals surface area contributed by atoms with Gasteiger partial charge in [-0.1, -0.05) is 30.3 Å². The SMILES string of the molecule is Nc1ccccc1C(=O)CCNC(=O)CC(=O)NCCCCNC(=O)Cc1c[nH]c2ccccc12. The Morgan fingerprint density at radius 1 is 0.771 bits per heavy atom. The molecule has 0 saturated heterocycles.